The molecular formula is C11H20N4O. The average molecular weight is 224 g/mol. The summed E-state index contributed by atoms with van der Waals surface area (Å²) in [6.07, 6.45) is 1.88. The van der Waals surface area contributed by atoms with Crippen molar-refractivity contribution < 1.29 is 5.11 Å². The maximum absolute atomic E-state index is 8.80. The highest BCUT2D eigenvalue weighted by Gasteiger charge is 2.08. The average Bonchev–Trinajstić information content (AvgIpc) is 2.29. The molecule has 1 aromatic rings. The fraction of sp³-hybridized carbons (Fsp3) is 0.636. The lowest BCUT2D eigenvalue weighted by Crippen LogP contribution is -2.12. The van der Waals surface area contributed by atoms with Crippen molar-refractivity contribution >= 4 is 11.6 Å². The Hall–Kier alpha value is -1.36. The molecule has 0 amide bonds. The van der Waals surface area contributed by atoms with Gasteiger partial charge in [0.15, 0.2) is 0 Å². The molecule has 0 radical (unpaired) electrons. The second-order valence-electron chi connectivity index (χ2n) is 3.61. The van der Waals surface area contributed by atoms with Gasteiger partial charge < -0.3 is 15.7 Å². The number of hydrogen-bond acceptors (Lipinski definition) is 5. The molecule has 0 fully saturated rings. The third-order valence-electron chi connectivity index (χ3n) is 2.31. The normalized spacial score (nSPS) is 10.2. The van der Waals surface area contributed by atoms with Crippen molar-refractivity contribution in [3.05, 3.63) is 11.4 Å². The summed E-state index contributed by atoms with van der Waals surface area (Å²) in [5.41, 5.74) is 0.982. The van der Waals surface area contributed by atoms with Gasteiger partial charge in [0.1, 0.15) is 17.5 Å². The van der Waals surface area contributed by atoms with Crippen LogP contribution in [-0.2, 0) is 6.42 Å². The van der Waals surface area contributed by atoms with Crippen LogP contribution < -0.4 is 10.6 Å². The van der Waals surface area contributed by atoms with Crippen LogP contribution in [0.4, 0.5) is 11.6 Å². The molecule has 0 aliphatic carbocycles. The molecule has 0 aliphatic rings. The molecule has 0 spiro atoms. The van der Waals surface area contributed by atoms with Gasteiger partial charge in [-0.1, -0.05) is 6.92 Å². The first-order valence-electron chi connectivity index (χ1n) is 5.62. The molecule has 0 aromatic carbocycles. The molecule has 0 aliphatic heterocycles. The highest BCUT2D eigenvalue weighted by Crippen LogP contribution is 2.19. The van der Waals surface area contributed by atoms with Crippen LogP contribution in [0.2, 0.25) is 0 Å². The number of nitrogens with one attached hydrogen (secondary N) is 2. The number of rotatable bonds is 6. The second-order valence-corrected chi connectivity index (χ2v) is 3.61. The van der Waals surface area contributed by atoms with Gasteiger partial charge in [0.25, 0.3) is 0 Å². The number of aliphatic hydroxyl groups excluding tert-OH is 1. The number of nitrogens with zero attached hydrogens (tertiary/aromatic N) is 2. The van der Waals surface area contributed by atoms with E-state index in [0.29, 0.717) is 6.54 Å². The largest absolute Gasteiger partial charge is 0.395 e. The summed E-state index contributed by atoms with van der Waals surface area (Å²) < 4.78 is 0. The quantitative estimate of drug-likeness (QED) is 0.677. The predicted octanol–water partition coefficient (Wildman–Crippen LogP) is 1.18. The van der Waals surface area contributed by atoms with Crippen LogP contribution in [0.1, 0.15) is 24.7 Å². The van der Waals surface area contributed by atoms with E-state index >= 15 is 0 Å². The van der Waals surface area contributed by atoms with Crippen molar-refractivity contribution in [3.8, 4) is 0 Å². The Morgan fingerprint density at radius 3 is 2.50 bits per heavy atom. The molecule has 16 heavy (non-hydrogen) atoms. The van der Waals surface area contributed by atoms with Crippen LogP contribution in [0, 0.1) is 6.92 Å². The fourth-order valence-electron chi connectivity index (χ4n) is 1.49. The number of aryl methyl sites for hydroxylation is 1. The summed E-state index contributed by atoms with van der Waals surface area (Å²) in [6, 6.07) is 0. The maximum Gasteiger partial charge on any atom is 0.134 e. The van der Waals surface area contributed by atoms with E-state index in [1.165, 1.54) is 0 Å². The zero-order valence-electron chi connectivity index (χ0n) is 10.2. The Morgan fingerprint density at radius 1 is 1.25 bits per heavy atom. The van der Waals surface area contributed by atoms with E-state index in [-0.39, 0.29) is 6.61 Å². The summed E-state index contributed by atoms with van der Waals surface area (Å²) in [6.45, 7) is 4.67. The highest BCUT2D eigenvalue weighted by atomic mass is 16.3. The monoisotopic (exact) mass is 224 g/mol. The molecule has 0 unspecified atom stereocenters. The molecular weight excluding hydrogens is 204 g/mol. The van der Waals surface area contributed by atoms with Gasteiger partial charge in [-0.05, 0) is 13.3 Å². The Kier molecular flexibility index (Phi) is 4.98. The van der Waals surface area contributed by atoms with Gasteiger partial charge in [0.05, 0.1) is 6.61 Å². The van der Waals surface area contributed by atoms with E-state index in [0.717, 1.165) is 35.9 Å². The molecule has 0 bridgehead atoms. The summed E-state index contributed by atoms with van der Waals surface area (Å²) in [4.78, 5) is 8.86. The second kappa shape index (κ2) is 6.27. The van der Waals surface area contributed by atoms with Crippen LogP contribution in [0.25, 0.3) is 0 Å². The lowest BCUT2D eigenvalue weighted by molar-refractivity contribution is 0.311. The van der Waals surface area contributed by atoms with E-state index in [1.807, 2.05) is 14.0 Å². The van der Waals surface area contributed by atoms with Crippen molar-refractivity contribution in [1.82, 2.24) is 9.97 Å². The molecule has 1 aromatic heterocycles. The van der Waals surface area contributed by atoms with Gasteiger partial charge in [0, 0.05) is 25.6 Å². The third kappa shape index (κ3) is 3.06. The molecule has 1 heterocycles. The Morgan fingerprint density at radius 2 is 1.94 bits per heavy atom. The van der Waals surface area contributed by atoms with Crippen molar-refractivity contribution in [1.29, 1.82) is 0 Å². The van der Waals surface area contributed by atoms with Gasteiger partial charge in [-0.15, -0.1) is 0 Å². The molecule has 1 rings (SSSR count). The van der Waals surface area contributed by atoms with Crippen LogP contribution in [0.3, 0.4) is 0 Å². The third-order valence-corrected chi connectivity index (χ3v) is 2.31. The molecule has 0 saturated carbocycles. The number of aromatic nitrogens is 2. The maximum atomic E-state index is 8.80. The van der Waals surface area contributed by atoms with Crippen LogP contribution >= 0.6 is 0 Å². The van der Waals surface area contributed by atoms with Gasteiger partial charge in [0.2, 0.25) is 0 Å². The van der Waals surface area contributed by atoms with E-state index in [2.05, 4.69) is 27.5 Å². The predicted molar refractivity (Wildman–Crippen MR) is 65.9 cm³/mol. The van der Waals surface area contributed by atoms with Gasteiger partial charge in [-0.2, -0.15) is 0 Å². The molecule has 5 nitrogen and oxygen atoms in total. The van der Waals surface area contributed by atoms with Gasteiger partial charge in [-0.25, -0.2) is 9.97 Å². The minimum absolute atomic E-state index is 0.0987. The lowest BCUT2D eigenvalue weighted by Gasteiger charge is -2.12. The Balaban J connectivity index is 2.98. The number of anilines is 2. The van der Waals surface area contributed by atoms with E-state index in [9.17, 15) is 0 Å². The minimum Gasteiger partial charge on any atom is -0.395 e. The SMILES string of the molecule is CCCc1nc(NC)c(C)c(NCCO)n1. The fourth-order valence-corrected chi connectivity index (χ4v) is 1.49. The first-order chi connectivity index (χ1) is 7.72. The number of hydrogen-bond donors (Lipinski definition) is 3. The van der Waals surface area contributed by atoms with Crippen molar-refractivity contribution in [3.63, 3.8) is 0 Å². The summed E-state index contributed by atoms with van der Waals surface area (Å²) >= 11 is 0. The zero-order valence-corrected chi connectivity index (χ0v) is 10.2. The summed E-state index contributed by atoms with van der Waals surface area (Å²) in [5.74, 6) is 2.48. The van der Waals surface area contributed by atoms with Crippen LogP contribution in [0.15, 0.2) is 0 Å². The van der Waals surface area contributed by atoms with Crippen molar-refractivity contribution in [2.24, 2.45) is 0 Å². The minimum atomic E-state index is 0.0987. The van der Waals surface area contributed by atoms with E-state index < -0.39 is 0 Å². The summed E-state index contributed by atoms with van der Waals surface area (Å²) in [5, 5.41) is 14.9. The first-order valence-corrected chi connectivity index (χ1v) is 5.62. The topological polar surface area (TPSA) is 70.1 Å². The van der Waals surface area contributed by atoms with Crippen LogP contribution in [-0.4, -0.2) is 35.3 Å². The summed E-state index contributed by atoms with van der Waals surface area (Å²) in [7, 11) is 1.85. The Bertz CT molecular complexity index is 341. The standard InChI is InChI=1S/C11H20N4O/c1-4-5-9-14-10(12-3)8(2)11(15-9)13-6-7-16/h16H,4-7H2,1-3H3,(H2,12,13,14,15). The van der Waals surface area contributed by atoms with Gasteiger partial charge >= 0.3 is 0 Å². The Labute approximate surface area is 96.3 Å². The molecule has 0 saturated heterocycles. The van der Waals surface area contributed by atoms with Crippen molar-refractivity contribution in [2.75, 3.05) is 30.8 Å². The molecule has 5 heteroatoms. The van der Waals surface area contributed by atoms with Crippen LogP contribution in [0.5, 0.6) is 0 Å². The van der Waals surface area contributed by atoms with E-state index in [1.54, 1.807) is 0 Å². The van der Waals surface area contributed by atoms with E-state index in [4.69, 9.17) is 5.11 Å². The van der Waals surface area contributed by atoms with Gasteiger partial charge in [-0.3, -0.25) is 0 Å². The number of aliphatic hydroxyl groups is 1. The highest BCUT2D eigenvalue weighted by molar-refractivity contribution is 5.56. The first kappa shape index (κ1) is 12.7. The lowest BCUT2D eigenvalue weighted by atomic mass is 10.2. The van der Waals surface area contributed by atoms with Crippen molar-refractivity contribution in [2.45, 2.75) is 26.7 Å². The molecule has 3 N–H and O–H groups in total. The smallest absolute Gasteiger partial charge is 0.134 e. The molecule has 90 valence electrons. The molecule has 0 atom stereocenters. The zero-order chi connectivity index (χ0) is 12.0.